The fourth-order valence-electron chi connectivity index (χ4n) is 2.38. The van der Waals surface area contributed by atoms with Crippen LogP contribution in [-0.2, 0) is 10.8 Å². The van der Waals surface area contributed by atoms with Gasteiger partial charge in [-0.2, -0.15) is 0 Å². The number of carboxylic acid groups (broad SMARTS) is 1. The highest BCUT2D eigenvalue weighted by atomic mass is 32.2. The molecule has 0 aromatic heterocycles. The van der Waals surface area contributed by atoms with Crippen LogP contribution in [0.2, 0.25) is 0 Å². The Morgan fingerprint density at radius 2 is 1.95 bits per heavy atom. The van der Waals surface area contributed by atoms with Gasteiger partial charge in [-0.15, -0.1) is 0 Å². The van der Waals surface area contributed by atoms with Gasteiger partial charge in [0.2, 0.25) is 0 Å². The monoisotopic (exact) mass is 281 g/mol. The van der Waals surface area contributed by atoms with Gasteiger partial charge >= 0.3 is 5.97 Å². The zero-order chi connectivity index (χ0) is 13.7. The summed E-state index contributed by atoms with van der Waals surface area (Å²) in [5.74, 6) is -0.482. The number of nitrogens with zero attached hydrogens (tertiary/aromatic N) is 1. The van der Waals surface area contributed by atoms with Crippen LogP contribution in [0.3, 0.4) is 0 Å². The average Bonchev–Trinajstić information content (AvgIpc) is 2.91. The summed E-state index contributed by atoms with van der Waals surface area (Å²) in [6.45, 7) is 3.23. The van der Waals surface area contributed by atoms with Crippen LogP contribution < -0.4 is 0 Å². The predicted molar refractivity (Wildman–Crippen MR) is 75.0 cm³/mol. The fourth-order valence-corrected chi connectivity index (χ4v) is 3.62. The molecule has 1 unspecified atom stereocenters. The van der Waals surface area contributed by atoms with Crippen molar-refractivity contribution in [3.05, 3.63) is 29.8 Å². The largest absolute Gasteiger partial charge is 0.478 e. The molecule has 2 rings (SSSR count). The van der Waals surface area contributed by atoms with Crippen LogP contribution in [0.5, 0.6) is 0 Å². The van der Waals surface area contributed by atoms with Crippen molar-refractivity contribution >= 4 is 16.8 Å². The molecule has 1 heterocycles. The number of carbonyl (C=O) groups is 1. The van der Waals surface area contributed by atoms with Gasteiger partial charge in [-0.25, -0.2) is 4.79 Å². The van der Waals surface area contributed by atoms with E-state index < -0.39 is 16.8 Å². The highest BCUT2D eigenvalue weighted by Gasteiger charge is 2.15. The summed E-state index contributed by atoms with van der Waals surface area (Å²) < 4.78 is 12.2. The smallest absolute Gasteiger partial charge is 0.336 e. The molecule has 1 fully saturated rings. The second kappa shape index (κ2) is 6.82. The van der Waals surface area contributed by atoms with Gasteiger partial charge in [0.15, 0.2) is 0 Å². The van der Waals surface area contributed by atoms with Crippen molar-refractivity contribution in [1.29, 1.82) is 0 Å². The molecule has 4 nitrogen and oxygen atoms in total. The van der Waals surface area contributed by atoms with Gasteiger partial charge in [-0.3, -0.25) is 4.21 Å². The molecule has 1 atom stereocenters. The molecular weight excluding hydrogens is 262 g/mol. The van der Waals surface area contributed by atoms with Crippen LogP contribution in [-0.4, -0.2) is 45.6 Å². The SMILES string of the molecule is O=C(O)c1ccccc1S(=O)CCCN1CCCC1. The molecule has 19 heavy (non-hydrogen) atoms. The minimum Gasteiger partial charge on any atom is -0.478 e. The normalized spacial score (nSPS) is 17.5. The first-order valence-corrected chi connectivity index (χ1v) is 7.93. The third-order valence-electron chi connectivity index (χ3n) is 3.37. The maximum Gasteiger partial charge on any atom is 0.336 e. The molecule has 0 bridgehead atoms. The third kappa shape index (κ3) is 3.88. The quantitative estimate of drug-likeness (QED) is 0.866. The van der Waals surface area contributed by atoms with Crippen molar-refractivity contribution in [1.82, 2.24) is 4.90 Å². The van der Waals surface area contributed by atoms with Crippen molar-refractivity contribution in [2.24, 2.45) is 0 Å². The summed E-state index contributed by atoms with van der Waals surface area (Å²) >= 11 is 0. The highest BCUT2D eigenvalue weighted by molar-refractivity contribution is 7.85. The topological polar surface area (TPSA) is 57.6 Å². The molecule has 0 aliphatic carbocycles. The molecule has 104 valence electrons. The molecule has 1 N–H and O–H groups in total. The van der Waals surface area contributed by atoms with E-state index in [-0.39, 0.29) is 5.56 Å². The Labute approximate surface area is 115 Å². The molecule has 0 amide bonds. The van der Waals surface area contributed by atoms with E-state index in [4.69, 9.17) is 5.11 Å². The second-order valence-electron chi connectivity index (χ2n) is 4.75. The third-order valence-corrected chi connectivity index (χ3v) is 4.87. The van der Waals surface area contributed by atoms with Gasteiger partial charge in [-0.05, 0) is 51.0 Å². The number of rotatable bonds is 6. The summed E-state index contributed by atoms with van der Waals surface area (Å²) in [6.07, 6.45) is 3.36. The molecule has 1 aliphatic heterocycles. The van der Waals surface area contributed by atoms with Gasteiger partial charge < -0.3 is 10.0 Å². The van der Waals surface area contributed by atoms with Crippen molar-refractivity contribution in [2.75, 3.05) is 25.4 Å². The van der Waals surface area contributed by atoms with E-state index in [2.05, 4.69) is 4.90 Å². The molecule has 0 spiro atoms. The number of hydrogen-bond donors (Lipinski definition) is 1. The molecule has 1 aromatic rings. The lowest BCUT2D eigenvalue weighted by Crippen LogP contribution is -2.22. The van der Waals surface area contributed by atoms with Crippen LogP contribution in [0.25, 0.3) is 0 Å². The molecule has 1 aliphatic rings. The van der Waals surface area contributed by atoms with Gasteiger partial charge in [0.05, 0.1) is 21.3 Å². The van der Waals surface area contributed by atoms with E-state index in [1.807, 2.05) is 0 Å². The van der Waals surface area contributed by atoms with Crippen LogP contribution in [0.1, 0.15) is 29.6 Å². The molecule has 1 saturated heterocycles. The first-order valence-electron chi connectivity index (χ1n) is 6.61. The minimum absolute atomic E-state index is 0.155. The number of hydrogen-bond acceptors (Lipinski definition) is 3. The van der Waals surface area contributed by atoms with Gasteiger partial charge in [0.1, 0.15) is 0 Å². The Kier molecular flexibility index (Phi) is 5.10. The molecule has 1 aromatic carbocycles. The maximum absolute atomic E-state index is 12.2. The predicted octanol–water partition coefficient (Wildman–Crippen LogP) is 1.98. The summed E-state index contributed by atoms with van der Waals surface area (Å²) in [5, 5.41) is 9.07. The van der Waals surface area contributed by atoms with Crippen LogP contribution in [0.15, 0.2) is 29.2 Å². The van der Waals surface area contributed by atoms with Crippen LogP contribution in [0, 0.1) is 0 Å². The maximum atomic E-state index is 12.2. The lowest BCUT2D eigenvalue weighted by atomic mass is 10.2. The van der Waals surface area contributed by atoms with E-state index in [1.165, 1.54) is 18.9 Å². The summed E-state index contributed by atoms with van der Waals surface area (Å²) in [5.41, 5.74) is 0.155. The molecule has 0 radical (unpaired) electrons. The van der Waals surface area contributed by atoms with E-state index in [0.717, 1.165) is 26.1 Å². The van der Waals surface area contributed by atoms with Crippen molar-refractivity contribution in [3.63, 3.8) is 0 Å². The zero-order valence-corrected chi connectivity index (χ0v) is 11.7. The summed E-state index contributed by atoms with van der Waals surface area (Å²) in [7, 11) is -1.22. The Morgan fingerprint density at radius 3 is 2.63 bits per heavy atom. The molecular formula is C14H19NO3S. The van der Waals surface area contributed by atoms with E-state index in [9.17, 15) is 9.00 Å². The van der Waals surface area contributed by atoms with Crippen molar-refractivity contribution < 1.29 is 14.1 Å². The Hall–Kier alpha value is -1.20. The zero-order valence-electron chi connectivity index (χ0n) is 10.9. The van der Waals surface area contributed by atoms with E-state index in [0.29, 0.717) is 10.6 Å². The fraction of sp³-hybridized carbons (Fsp3) is 0.500. The Balaban J connectivity index is 1.90. The second-order valence-corrected chi connectivity index (χ2v) is 6.29. The Bertz CT molecular complexity index is 470. The standard InChI is InChI=1S/C14H19NO3S/c16-14(17)12-6-1-2-7-13(12)19(18)11-5-10-15-8-3-4-9-15/h1-2,6-7H,3-5,8-11H2,(H,16,17). The van der Waals surface area contributed by atoms with Crippen molar-refractivity contribution in [3.8, 4) is 0 Å². The lowest BCUT2D eigenvalue weighted by Gasteiger charge is -2.14. The van der Waals surface area contributed by atoms with E-state index in [1.54, 1.807) is 18.2 Å². The minimum atomic E-state index is -1.22. The van der Waals surface area contributed by atoms with Gasteiger partial charge in [0, 0.05) is 5.75 Å². The lowest BCUT2D eigenvalue weighted by molar-refractivity contribution is 0.0693. The van der Waals surface area contributed by atoms with Crippen LogP contribution in [0.4, 0.5) is 0 Å². The summed E-state index contributed by atoms with van der Waals surface area (Å²) in [4.78, 5) is 13.9. The molecule has 0 saturated carbocycles. The average molecular weight is 281 g/mol. The van der Waals surface area contributed by atoms with Gasteiger partial charge in [0.25, 0.3) is 0 Å². The molecule has 5 heteroatoms. The number of aromatic carboxylic acids is 1. The van der Waals surface area contributed by atoms with Crippen molar-refractivity contribution in [2.45, 2.75) is 24.2 Å². The Morgan fingerprint density at radius 1 is 1.26 bits per heavy atom. The van der Waals surface area contributed by atoms with E-state index >= 15 is 0 Å². The first kappa shape index (κ1) is 14.2. The first-order chi connectivity index (χ1) is 9.18. The summed E-state index contributed by atoms with van der Waals surface area (Å²) in [6, 6.07) is 6.56. The number of likely N-dealkylation sites (tertiary alicyclic amines) is 1. The van der Waals surface area contributed by atoms with Gasteiger partial charge in [-0.1, -0.05) is 12.1 Å². The van der Waals surface area contributed by atoms with Crippen LogP contribution >= 0.6 is 0 Å². The highest BCUT2D eigenvalue weighted by Crippen LogP contribution is 2.15. The number of benzene rings is 1. The number of carboxylic acids is 1.